The van der Waals surface area contributed by atoms with E-state index in [1.54, 1.807) is 6.20 Å². The highest BCUT2D eigenvalue weighted by atomic mass is 16.5. The van der Waals surface area contributed by atoms with Crippen LogP contribution in [0, 0.1) is 6.92 Å². The molecule has 132 valence electrons. The Hall–Kier alpha value is -2.60. The molecule has 1 saturated heterocycles. The second-order valence-electron chi connectivity index (χ2n) is 6.35. The van der Waals surface area contributed by atoms with Crippen molar-refractivity contribution in [2.75, 3.05) is 50.1 Å². The van der Waals surface area contributed by atoms with Crippen molar-refractivity contribution in [3.63, 3.8) is 0 Å². The average molecular weight is 340 g/mol. The van der Waals surface area contributed by atoms with E-state index < -0.39 is 0 Å². The van der Waals surface area contributed by atoms with E-state index >= 15 is 0 Å². The lowest BCUT2D eigenvalue weighted by atomic mass is 10.2. The minimum Gasteiger partial charge on any atom is -0.484 e. The summed E-state index contributed by atoms with van der Waals surface area (Å²) in [6.07, 6.45) is 1.69. The number of benzene rings is 1. The zero-order valence-corrected chi connectivity index (χ0v) is 14.7. The van der Waals surface area contributed by atoms with E-state index in [0.717, 1.165) is 37.6 Å². The molecule has 6 nitrogen and oxygen atoms in total. The van der Waals surface area contributed by atoms with Gasteiger partial charge in [0.25, 0.3) is 5.91 Å². The van der Waals surface area contributed by atoms with E-state index in [-0.39, 0.29) is 12.5 Å². The second-order valence-corrected chi connectivity index (χ2v) is 6.35. The highest BCUT2D eigenvalue weighted by molar-refractivity contribution is 5.91. The Balaban J connectivity index is 1.49. The summed E-state index contributed by atoms with van der Waals surface area (Å²) in [5.41, 5.74) is 1.83. The Morgan fingerprint density at radius 3 is 2.48 bits per heavy atom. The van der Waals surface area contributed by atoms with Crippen LogP contribution in [-0.4, -0.2) is 55.6 Å². The largest absolute Gasteiger partial charge is 0.484 e. The number of rotatable bonds is 5. The van der Waals surface area contributed by atoms with Crippen molar-refractivity contribution in [1.29, 1.82) is 0 Å². The Morgan fingerprint density at radius 2 is 1.84 bits per heavy atom. The maximum absolute atomic E-state index is 12.0. The lowest BCUT2D eigenvalue weighted by molar-refractivity contribution is -0.118. The van der Waals surface area contributed by atoms with Gasteiger partial charge >= 0.3 is 0 Å². The molecule has 1 aliphatic heterocycles. The number of amides is 1. The van der Waals surface area contributed by atoms with Crippen LogP contribution in [0.2, 0.25) is 0 Å². The van der Waals surface area contributed by atoms with Crippen molar-refractivity contribution in [2.24, 2.45) is 0 Å². The molecule has 0 atom stereocenters. The number of piperazine rings is 1. The van der Waals surface area contributed by atoms with Gasteiger partial charge in [-0.15, -0.1) is 0 Å². The van der Waals surface area contributed by atoms with Gasteiger partial charge in [0, 0.05) is 26.2 Å². The summed E-state index contributed by atoms with van der Waals surface area (Å²) in [6, 6.07) is 11.4. The molecule has 1 aliphatic rings. The summed E-state index contributed by atoms with van der Waals surface area (Å²) < 4.78 is 5.48. The lowest BCUT2D eigenvalue weighted by Gasteiger charge is -2.33. The van der Waals surface area contributed by atoms with Crippen molar-refractivity contribution in [3.05, 3.63) is 48.2 Å². The fourth-order valence-electron chi connectivity index (χ4n) is 2.66. The zero-order valence-electron chi connectivity index (χ0n) is 14.7. The Bertz CT molecular complexity index is 692. The molecule has 2 heterocycles. The first-order valence-corrected chi connectivity index (χ1v) is 8.49. The first-order chi connectivity index (χ1) is 12.1. The Labute approximate surface area is 148 Å². The first kappa shape index (κ1) is 17.2. The van der Waals surface area contributed by atoms with Gasteiger partial charge in [0.2, 0.25) is 0 Å². The van der Waals surface area contributed by atoms with Crippen LogP contribution in [0.3, 0.4) is 0 Å². The molecule has 1 fully saturated rings. The van der Waals surface area contributed by atoms with Gasteiger partial charge in [-0.2, -0.15) is 0 Å². The van der Waals surface area contributed by atoms with Crippen LogP contribution < -0.4 is 15.0 Å². The third kappa shape index (κ3) is 4.93. The summed E-state index contributed by atoms with van der Waals surface area (Å²) in [5, 5.41) is 2.81. The molecule has 1 amide bonds. The highest BCUT2D eigenvalue weighted by Gasteiger charge is 2.15. The van der Waals surface area contributed by atoms with Crippen molar-refractivity contribution in [2.45, 2.75) is 6.92 Å². The van der Waals surface area contributed by atoms with Crippen LogP contribution in [-0.2, 0) is 4.79 Å². The van der Waals surface area contributed by atoms with E-state index in [0.29, 0.717) is 11.4 Å². The van der Waals surface area contributed by atoms with E-state index in [1.807, 2.05) is 43.3 Å². The minimum atomic E-state index is -0.199. The predicted octanol–water partition coefficient (Wildman–Crippen LogP) is 2.16. The van der Waals surface area contributed by atoms with Gasteiger partial charge in [-0.25, -0.2) is 4.98 Å². The first-order valence-electron chi connectivity index (χ1n) is 8.49. The van der Waals surface area contributed by atoms with Gasteiger partial charge in [0.15, 0.2) is 6.61 Å². The molecule has 1 aromatic heterocycles. The number of hydrogen-bond acceptors (Lipinski definition) is 5. The molecule has 1 N–H and O–H groups in total. The highest BCUT2D eigenvalue weighted by Crippen LogP contribution is 2.16. The number of nitrogens with zero attached hydrogens (tertiary/aromatic N) is 3. The van der Waals surface area contributed by atoms with Gasteiger partial charge < -0.3 is 19.9 Å². The topological polar surface area (TPSA) is 57.7 Å². The van der Waals surface area contributed by atoms with E-state index in [1.165, 1.54) is 0 Å². The third-order valence-electron chi connectivity index (χ3n) is 4.25. The van der Waals surface area contributed by atoms with Crippen molar-refractivity contribution in [1.82, 2.24) is 9.88 Å². The summed E-state index contributed by atoms with van der Waals surface area (Å²) in [4.78, 5) is 21.0. The van der Waals surface area contributed by atoms with Crippen molar-refractivity contribution in [3.8, 4) is 5.75 Å². The molecule has 6 heteroatoms. The number of anilines is 2. The molecule has 1 aromatic carbocycles. The predicted molar refractivity (Wildman–Crippen MR) is 99.3 cm³/mol. The Morgan fingerprint density at radius 1 is 1.12 bits per heavy atom. The number of aryl methyl sites for hydroxylation is 1. The number of likely N-dealkylation sites (N-methyl/N-ethyl adjacent to an activating group) is 1. The minimum absolute atomic E-state index is 0.0245. The standard InChI is InChI=1S/C19H24N4O2/c1-15-3-6-17(7-4-15)25-14-19(24)21-16-5-8-18(20-13-16)23-11-9-22(2)10-12-23/h3-8,13H,9-12,14H2,1-2H3,(H,21,24). The van der Waals surface area contributed by atoms with Gasteiger partial charge in [0.1, 0.15) is 11.6 Å². The monoisotopic (exact) mass is 340 g/mol. The molecule has 0 bridgehead atoms. The summed E-state index contributed by atoms with van der Waals surface area (Å²) in [6.45, 7) is 6.00. The number of ether oxygens (including phenoxy) is 1. The molecule has 0 aliphatic carbocycles. The molecule has 0 spiro atoms. The van der Waals surface area contributed by atoms with Gasteiger partial charge in [-0.05, 0) is 38.2 Å². The summed E-state index contributed by atoms with van der Waals surface area (Å²) >= 11 is 0. The SMILES string of the molecule is Cc1ccc(OCC(=O)Nc2ccc(N3CCN(C)CC3)nc2)cc1. The van der Waals surface area contributed by atoms with Crippen LogP contribution >= 0.6 is 0 Å². The number of aromatic nitrogens is 1. The summed E-state index contributed by atoms with van der Waals surface area (Å²) in [7, 11) is 2.13. The van der Waals surface area contributed by atoms with Crippen LogP contribution in [0.4, 0.5) is 11.5 Å². The smallest absolute Gasteiger partial charge is 0.262 e. The van der Waals surface area contributed by atoms with E-state index in [9.17, 15) is 4.79 Å². The quantitative estimate of drug-likeness (QED) is 0.904. The number of pyridine rings is 1. The lowest BCUT2D eigenvalue weighted by Crippen LogP contribution is -2.44. The van der Waals surface area contributed by atoms with E-state index in [2.05, 4.69) is 27.1 Å². The van der Waals surface area contributed by atoms with Gasteiger partial charge in [-0.1, -0.05) is 17.7 Å². The molecule has 0 saturated carbocycles. The zero-order chi connectivity index (χ0) is 17.6. The maximum Gasteiger partial charge on any atom is 0.262 e. The number of nitrogens with one attached hydrogen (secondary N) is 1. The van der Waals surface area contributed by atoms with E-state index in [4.69, 9.17) is 4.74 Å². The number of hydrogen-bond donors (Lipinski definition) is 1. The molecule has 3 rings (SSSR count). The molecule has 0 unspecified atom stereocenters. The van der Waals surface area contributed by atoms with Crippen LogP contribution in [0.15, 0.2) is 42.6 Å². The maximum atomic E-state index is 12.0. The number of carbonyl (C=O) groups is 1. The van der Waals surface area contributed by atoms with Crippen LogP contribution in [0.25, 0.3) is 0 Å². The summed E-state index contributed by atoms with van der Waals surface area (Å²) in [5.74, 6) is 1.43. The molecule has 25 heavy (non-hydrogen) atoms. The average Bonchev–Trinajstić information content (AvgIpc) is 2.63. The molecule has 0 radical (unpaired) electrons. The Kier molecular flexibility index (Phi) is 5.50. The normalized spacial score (nSPS) is 15.0. The molecular weight excluding hydrogens is 316 g/mol. The fraction of sp³-hybridized carbons (Fsp3) is 0.368. The van der Waals surface area contributed by atoms with Crippen molar-refractivity contribution < 1.29 is 9.53 Å². The van der Waals surface area contributed by atoms with Crippen molar-refractivity contribution >= 4 is 17.4 Å². The second kappa shape index (κ2) is 7.98. The molecular formula is C19H24N4O2. The fourth-order valence-corrected chi connectivity index (χ4v) is 2.66. The number of carbonyl (C=O) groups excluding carboxylic acids is 1. The van der Waals surface area contributed by atoms with Gasteiger partial charge in [-0.3, -0.25) is 4.79 Å². The van der Waals surface area contributed by atoms with Crippen LogP contribution in [0.1, 0.15) is 5.56 Å². The van der Waals surface area contributed by atoms with Crippen LogP contribution in [0.5, 0.6) is 5.75 Å². The third-order valence-corrected chi connectivity index (χ3v) is 4.25. The van der Waals surface area contributed by atoms with Gasteiger partial charge in [0.05, 0.1) is 11.9 Å². The molecule has 2 aromatic rings.